The highest BCUT2D eigenvalue weighted by molar-refractivity contribution is 5.90. The lowest BCUT2D eigenvalue weighted by Gasteiger charge is -2.28. The van der Waals surface area contributed by atoms with E-state index in [2.05, 4.69) is 12.2 Å². The molecule has 26 heavy (non-hydrogen) atoms. The summed E-state index contributed by atoms with van der Waals surface area (Å²) >= 11 is 0. The Morgan fingerprint density at radius 2 is 1.62 bits per heavy atom. The molecule has 1 saturated carbocycles. The van der Waals surface area contributed by atoms with E-state index >= 15 is 0 Å². The zero-order valence-electron chi connectivity index (χ0n) is 16.9. The third-order valence-electron chi connectivity index (χ3n) is 5.81. The Labute approximate surface area is 157 Å². The van der Waals surface area contributed by atoms with Crippen LogP contribution in [0.3, 0.4) is 0 Å². The highest BCUT2D eigenvalue weighted by atomic mass is 16.5. The summed E-state index contributed by atoms with van der Waals surface area (Å²) in [7, 11) is 0. The lowest BCUT2D eigenvalue weighted by atomic mass is 9.78. The van der Waals surface area contributed by atoms with E-state index in [9.17, 15) is 9.90 Å². The van der Waals surface area contributed by atoms with Gasteiger partial charge < -0.3 is 9.84 Å². The van der Waals surface area contributed by atoms with Gasteiger partial charge in [-0.2, -0.15) is 0 Å². The summed E-state index contributed by atoms with van der Waals surface area (Å²) in [6.45, 7) is 12.8. The topological polar surface area (TPSA) is 46.5 Å². The first-order valence-electron chi connectivity index (χ1n) is 9.70. The summed E-state index contributed by atoms with van der Waals surface area (Å²) in [5.74, 6) is 1.71. The zero-order chi connectivity index (χ0) is 19.3. The number of esters is 1. The van der Waals surface area contributed by atoms with Gasteiger partial charge in [0.15, 0.2) is 0 Å². The van der Waals surface area contributed by atoms with Gasteiger partial charge in [0.1, 0.15) is 5.75 Å². The molecule has 3 unspecified atom stereocenters. The number of carbonyl (C=O) groups is 1. The molecule has 2 aliphatic carbocycles. The SMILES string of the molecule is CC(C)(C)c1cc(C(=O)OCC2CC3C=CC2C3)cc(C(C)(C)C)c1O. The number of rotatable bonds is 3. The maximum absolute atomic E-state index is 12.8. The Morgan fingerprint density at radius 3 is 2.04 bits per heavy atom. The van der Waals surface area contributed by atoms with E-state index in [0.29, 0.717) is 35.7 Å². The second-order valence-electron chi connectivity index (χ2n) is 10.1. The second kappa shape index (κ2) is 6.44. The van der Waals surface area contributed by atoms with Crippen molar-refractivity contribution < 1.29 is 14.6 Å². The maximum atomic E-state index is 12.8. The molecule has 3 heteroatoms. The van der Waals surface area contributed by atoms with Crippen LogP contribution in [0.15, 0.2) is 24.3 Å². The minimum atomic E-state index is -0.284. The van der Waals surface area contributed by atoms with E-state index in [1.54, 1.807) is 12.1 Å². The molecule has 1 aromatic carbocycles. The van der Waals surface area contributed by atoms with Crippen molar-refractivity contribution in [3.05, 3.63) is 41.0 Å². The first-order chi connectivity index (χ1) is 12.0. The van der Waals surface area contributed by atoms with Crippen LogP contribution >= 0.6 is 0 Å². The first kappa shape index (κ1) is 19.0. The molecule has 0 spiro atoms. The highest BCUT2D eigenvalue weighted by Gasteiger charge is 2.36. The molecule has 142 valence electrons. The van der Waals surface area contributed by atoms with Gasteiger partial charge in [-0.1, -0.05) is 53.7 Å². The number of ether oxygens (including phenoxy) is 1. The predicted octanol–water partition coefficient (Wildman–Crippen LogP) is 5.36. The minimum Gasteiger partial charge on any atom is -0.507 e. The summed E-state index contributed by atoms with van der Waals surface area (Å²) in [5.41, 5.74) is 1.61. The van der Waals surface area contributed by atoms with Gasteiger partial charge in [0.2, 0.25) is 0 Å². The second-order valence-corrected chi connectivity index (χ2v) is 10.1. The molecule has 3 rings (SSSR count). The van der Waals surface area contributed by atoms with Gasteiger partial charge in [-0.15, -0.1) is 0 Å². The average molecular weight is 357 g/mol. The fourth-order valence-electron chi connectivity index (χ4n) is 4.25. The van der Waals surface area contributed by atoms with Crippen molar-refractivity contribution in [1.29, 1.82) is 0 Å². The summed E-state index contributed by atoms with van der Waals surface area (Å²) in [6, 6.07) is 3.60. The van der Waals surface area contributed by atoms with Gasteiger partial charge >= 0.3 is 5.97 Å². The van der Waals surface area contributed by atoms with Gasteiger partial charge in [-0.25, -0.2) is 4.79 Å². The summed E-state index contributed by atoms with van der Waals surface area (Å²) < 4.78 is 5.69. The third kappa shape index (κ3) is 3.67. The molecular weight excluding hydrogens is 324 g/mol. The van der Waals surface area contributed by atoms with E-state index in [1.165, 1.54) is 6.42 Å². The molecule has 0 radical (unpaired) electrons. The van der Waals surface area contributed by atoms with Crippen LogP contribution in [0.1, 0.15) is 75.9 Å². The number of aromatic hydroxyl groups is 1. The van der Waals surface area contributed by atoms with Crippen LogP contribution in [0.5, 0.6) is 5.75 Å². The number of carbonyl (C=O) groups excluding carboxylic acids is 1. The van der Waals surface area contributed by atoms with Crippen molar-refractivity contribution >= 4 is 5.97 Å². The van der Waals surface area contributed by atoms with Gasteiger partial charge in [-0.05, 0) is 53.6 Å². The first-order valence-corrected chi connectivity index (χ1v) is 9.70. The standard InChI is InChI=1S/C23H32O3/c1-22(2,3)18-11-16(12-19(20(18)24)23(4,5)6)21(25)26-13-17-10-14-7-8-15(17)9-14/h7-8,11-12,14-15,17,24H,9-10,13H2,1-6H3. The van der Waals surface area contributed by atoms with Gasteiger partial charge in [-0.3, -0.25) is 0 Å². The molecule has 3 atom stereocenters. The van der Waals surface area contributed by atoms with E-state index < -0.39 is 0 Å². The Kier molecular flexibility index (Phi) is 4.71. The molecule has 0 aromatic heterocycles. The lowest BCUT2D eigenvalue weighted by Crippen LogP contribution is -2.21. The number of phenolic OH excluding ortho intramolecular Hbond substituents is 1. The Balaban J connectivity index is 1.84. The predicted molar refractivity (Wildman–Crippen MR) is 105 cm³/mol. The van der Waals surface area contributed by atoms with Crippen molar-refractivity contribution in [2.24, 2.45) is 17.8 Å². The number of hydrogen-bond acceptors (Lipinski definition) is 3. The third-order valence-corrected chi connectivity index (χ3v) is 5.81. The van der Waals surface area contributed by atoms with E-state index in [1.807, 2.05) is 41.5 Å². The fraction of sp³-hybridized carbons (Fsp3) is 0.609. The molecule has 0 heterocycles. The van der Waals surface area contributed by atoms with E-state index in [0.717, 1.165) is 17.5 Å². The van der Waals surface area contributed by atoms with Crippen LogP contribution in [0.4, 0.5) is 0 Å². The van der Waals surface area contributed by atoms with Crippen molar-refractivity contribution in [3.63, 3.8) is 0 Å². The normalized spacial score (nSPS) is 24.9. The highest BCUT2D eigenvalue weighted by Crippen LogP contribution is 2.44. The molecule has 1 N–H and O–H groups in total. The van der Waals surface area contributed by atoms with Crippen LogP contribution < -0.4 is 0 Å². The van der Waals surface area contributed by atoms with Crippen LogP contribution in [0.25, 0.3) is 0 Å². The van der Waals surface area contributed by atoms with Gasteiger partial charge in [0, 0.05) is 11.1 Å². The fourth-order valence-corrected chi connectivity index (χ4v) is 4.25. The van der Waals surface area contributed by atoms with Crippen molar-refractivity contribution in [1.82, 2.24) is 0 Å². The molecule has 2 aliphatic rings. The molecule has 1 aromatic rings. The van der Waals surface area contributed by atoms with E-state index in [4.69, 9.17) is 4.74 Å². The quantitative estimate of drug-likeness (QED) is 0.586. The number of allylic oxidation sites excluding steroid dienone is 2. The molecule has 1 fully saturated rings. The van der Waals surface area contributed by atoms with Crippen LogP contribution in [0.2, 0.25) is 0 Å². The molecule has 0 amide bonds. The smallest absolute Gasteiger partial charge is 0.338 e. The largest absolute Gasteiger partial charge is 0.507 e. The molecule has 3 nitrogen and oxygen atoms in total. The van der Waals surface area contributed by atoms with Gasteiger partial charge in [0.25, 0.3) is 0 Å². The summed E-state index contributed by atoms with van der Waals surface area (Å²) in [5, 5.41) is 10.8. The maximum Gasteiger partial charge on any atom is 0.338 e. The minimum absolute atomic E-state index is 0.254. The van der Waals surface area contributed by atoms with E-state index in [-0.39, 0.29) is 16.8 Å². The summed E-state index contributed by atoms with van der Waals surface area (Å²) in [4.78, 5) is 12.8. The Hall–Kier alpha value is -1.77. The molecule has 0 saturated heterocycles. The summed E-state index contributed by atoms with van der Waals surface area (Å²) in [6.07, 6.45) is 6.92. The number of phenols is 1. The van der Waals surface area contributed by atoms with Crippen LogP contribution in [-0.4, -0.2) is 17.7 Å². The van der Waals surface area contributed by atoms with Crippen LogP contribution in [-0.2, 0) is 15.6 Å². The Morgan fingerprint density at radius 1 is 1.04 bits per heavy atom. The molecular formula is C23H32O3. The number of benzene rings is 1. The zero-order valence-corrected chi connectivity index (χ0v) is 16.9. The monoisotopic (exact) mass is 356 g/mol. The molecule has 0 aliphatic heterocycles. The van der Waals surface area contributed by atoms with Gasteiger partial charge in [0.05, 0.1) is 12.2 Å². The lowest BCUT2D eigenvalue weighted by molar-refractivity contribution is 0.0420. The number of hydrogen-bond donors (Lipinski definition) is 1. The van der Waals surface area contributed by atoms with Crippen LogP contribution in [0, 0.1) is 17.8 Å². The van der Waals surface area contributed by atoms with Crippen molar-refractivity contribution in [2.45, 2.75) is 65.2 Å². The number of fused-ring (bicyclic) bond motifs is 2. The Bertz CT molecular complexity index is 696. The average Bonchev–Trinajstić information content (AvgIpc) is 3.13. The van der Waals surface area contributed by atoms with Crippen molar-refractivity contribution in [3.8, 4) is 5.75 Å². The molecule has 2 bridgehead atoms. The van der Waals surface area contributed by atoms with Crippen molar-refractivity contribution in [2.75, 3.05) is 6.61 Å².